The number of hydrogen-bond donors (Lipinski definition) is 1. The third kappa shape index (κ3) is 5.30. The maximum atomic E-state index is 13.0. The van der Waals surface area contributed by atoms with Gasteiger partial charge in [-0.05, 0) is 73.4 Å². The summed E-state index contributed by atoms with van der Waals surface area (Å²) < 4.78 is 0. The molecule has 3 aromatic rings. The molecule has 1 fully saturated rings. The van der Waals surface area contributed by atoms with Gasteiger partial charge < -0.3 is 15.1 Å². The van der Waals surface area contributed by atoms with Crippen LogP contribution in [0.1, 0.15) is 31.4 Å². The number of nitrogens with zero attached hydrogens (tertiary/aromatic N) is 2. The van der Waals surface area contributed by atoms with Crippen LogP contribution < -0.4 is 15.1 Å². The largest absolute Gasteiger partial charge is 0.341 e. The van der Waals surface area contributed by atoms with Gasteiger partial charge in [0.2, 0.25) is 11.8 Å². The van der Waals surface area contributed by atoms with Crippen molar-refractivity contribution in [3.63, 3.8) is 0 Å². The zero-order chi connectivity index (χ0) is 24.2. The van der Waals surface area contributed by atoms with Gasteiger partial charge in [-0.25, -0.2) is 0 Å². The van der Waals surface area contributed by atoms with Crippen molar-refractivity contribution in [1.29, 1.82) is 0 Å². The molecule has 0 radical (unpaired) electrons. The van der Waals surface area contributed by atoms with E-state index in [1.165, 1.54) is 0 Å². The summed E-state index contributed by atoms with van der Waals surface area (Å²) in [5, 5.41) is 3.01. The molecule has 5 heteroatoms. The molecule has 1 heterocycles. The maximum absolute atomic E-state index is 13.0. The smallest absolute Gasteiger partial charge is 0.229 e. The summed E-state index contributed by atoms with van der Waals surface area (Å²) in [7, 11) is 0. The molecule has 1 atom stereocenters. The van der Waals surface area contributed by atoms with Crippen LogP contribution in [0.2, 0.25) is 0 Å². The molecule has 0 aromatic heterocycles. The highest BCUT2D eigenvalue weighted by Crippen LogP contribution is 2.30. The molecule has 5 nitrogen and oxygen atoms in total. The highest BCUT2D eigenvalue weighted by molar-refractivity contribution is 6.04. The first-order valence-corrected chi connectivity index (χ1v) is 11.9. The number of rotatable bonds is 7. The van der Waals surface area contributed by atoms with Crippen LogP contribution in [0.15, 0.2) is 72.8 Å². The summed E-state index contributed by atoms with van der Waals surface area (Å²) in [6, 6.07) is 24.3. The van der Waals surface area contributed by atoms with E-state index in [2.05, 4.69) is 36.2 Å². The Hall–Kier alpha value is -3.60. The lowest BCUT2D eigenvalue weighted by atomic mass is 10.1. The predicted molar refractivity (Wildman–Crippen MR) is 140 cm³/mol. The fourth-order valence-corrected chi connectivity index (χ4v) is 4.43. The Morgan fingerprint density at radius 1 is 1.00 bits per heavy atom. The van der Waals surface area contributed by atoms with E-state index >= 15 is 0 Å². The molecule has 1 aliphatic heterocycles. The Morgan fingerprint density at radius 2 is 1.68 bits per heavy atom. The maximum Gasteiger partial charge on any atom is 0.229 e. The van der Waals surface area contributed by atoms with E-state index in [-0.39, 0.29) is 24.2 Å². The van der Waals surface area contributed by atoms with E-state index in [1.54, 1.807) is 4.90 Å². The highest BCUT2D eigenvalue weighted by Gasteiger charge is 2.35. The van der Waals surface area contributed by atoms with Crippen molar-refractivity contribution in [2.24, 2.45) is 11.8 Å². The van der Waals surface area contributed by atoms with Gasteiger partial charge in [0.1, 0.15) is 0 Å². The van der Waals surface area contributed by atoms with Crippen LogP contribution in [0.5, 0.6) is 0 Å². The quantitative estimate of drug-likeness (QED) is 0.469. The van der Waals surface area contributed by atoms with E-state index in [0.29, 0.717) is 12.5 Å². The van der Waals surface area contributed by atoms with Crippen LogP contribution in [0.3, 0.4) is 0 Å². The van der Waals surface area contributed by atoms with Crippen LogP contribution >= 0.6 is 0 Å². The van der Waals surface area contributed by atoms with E-state index in [0.717, 1.165) is 40.4 Å². The second-order valence-corrected chi connectivity index (χ2v) is 9.57. The first kappa shape index (κ1) is 23.6. The van der Waals surface area contributed by atoms with Gasteiger partial charge in [0.05, 0.1) is 5.92 Å². The summed E-state index contributed by atoms with van der Waals surface area (Å²) in [5.74, 6) is 0.0145. The minimum Gasteiger partial charge on any atom is -0.341 e. The molecular formula is C29H33N3O2. The zero-order valence-corrected chi connectivity index (χ0v) is 20.4. The van der Waals surface area contributed by atoms with Crippen LogP contribution in [0.25, 0.3) is 0 Å². The number of aryl methyl sites for hydroxylation is 2. The van der Waals surface area contributed by atoms with Crippen molar-refractivity contribution >= 4 is 34.6 Å². The molecule has 1 N–H and O–H groups in total. The molecule has 176 valence electrons. The van der Waals surface area contributed by atoms with Gasteiger partial charge in [-0.1, -0.05) is 44.2 Å². The zero-order valence-electron chi connectivity index (χ0n) is 20.4. The molecule has 0 bridgehead atoms. The van der Waals surface area contributed by atoms with Crippen LogP contribution in [0, 0.1) is 25.7 Å². The van der Waals surface area contributed by atoms with E-state index in [4.69, 9.17) is 0 Å². The highest BCUT2D eigenvalue weighted by atomic mass is 16.2. The average Bonchev–Trinajstić information content (AvgIpc) is 3.21. The number of hydrogen-bond acceptors (Lipinski definition) is 3. The van der Waals surface area contributed by atoms with Gasteiger partial charge >= 0.3 is 0 Å². The summed E-state index contributed by atoms with van der Waals surface area (Å²) in [6.45, 7) is 9.72. The third-order valence-electron chi connectivity index (χ3n) is 6.21. The van der Waals surface area contributed by atoms with Gasteiger partial charge in [-0.3, -0.25) is 9.59 Å². The number of carbonyl (C=O) groups excluding carboxylic acids is 2. The lowest BCUT2D eigenvalue weighted by molar-refractivity contribution is -0.122. The Labute approximate surface area is 202 Å². The molecule has 1 saturated heterocycles. The van der Waals surface area contributed by atoms with Gasteiger partial charge in [0.15, 0.2) is 0 Å². The predicted octanol–water partition coefficient (Wildman–Crippen LogP) is 6.09. The fourth-order valence-electron chi connectivity index (χ4n) is 4.43. The Morgan fingerprint density at radius 3 is 2.35 bits per heavy atom. The van der Waals surface area contributed by atoms with Crippen molar-refractivity contribution in [2.45, 2.75) is 34.1 Å². The van der Waals surface area contributed by atoms with Gasteiger partial charge in [0, 0.05) is 42.3 Å². The van der Waals surface area contributed by atoms with Gasteiger partial charge in [-0.2, -0.15) is 0 Å². The van der Waals surface area contributed by atoms with Crippen molar-refractivity contribution in [2.75, 3.05) is 28.2 Å². The molecule has 0 aliphatic carbocycles. The van der Waals surface area contributed by atoms with E-state index in [9.17, 15) is 9.59 Å². The van der Waals surface area contributed by atoms with Crippen molar-refractivity contribution in [3.05, 3.63) is 83.9 Å². The molecular weight excluding hydrogens is 422 g/mol. The minimum atomic E-state index is -0.367. The molecule has 1 unspecified atom stereocenters. The number of benzene rings is 3. The Balaban J connectivity index is 1.44. The molecule has 3 aromatic carbocycles. The lowest BCUT2D eigenvalue weighted by Crippen LogP contribution is -2.28. The first-order chi connectivity index (χ1) is 16.3. The number of amides is 2. The summed E-state index contributed by atoms with van der Waals surface area (Å²) >= 11 is 0. The Kier molecular flexibility index (Phi) is 7.01. The SMILES string of the molecule is Cc1ccc(C)c(N2CC(C(=O)Nc3ccc(N(CC(C)C)c4ccccc4)cc3)CC2=O)c1. The van der Waals surface area contributed by atoms with E-state index < -0.39 is 0 Å². The van der Waals surface area contributed by atoms with Crippen molar-refractivity contribution in [3.8, 4) is 0 Å². The van der Waals surface area contributed by atoms with Gasteiger partial charge in [0.25, 0.3) is 0 Å². The van der Waals surface area contributed by atoms with E-state index in [1.807, 2.05) is 74.5 Å². The molecule has 0 saturated carbocycles. The third-order valence-corrected chi connectivity index (χ3v) is 6.21. The normalized spacial score (nSPS) is 15.6. The molecule has 0 spiro atoms. The molecule has 1 aliphatic rings. The van der Waals surface area contributed by atoms with Crippen molar-refractivity contribution in [1.82, 2.24) is 0 Å². The summed E-state index contributed by atoms with van der Waals surface area (Å²) in [4.78, 5) is 29.7. The van der Waals surface area contributed by atoms with Crippen LogP contribution in [-0.4, -0.2) is 24.9 Å². The number of anilines is 4. The lowest BCUT2D eigenvalue weighted by Gasteiger charge is -2.27. The van der Waals surface area contributed by atoms with Gasteiger partial charge in [-0.15, -0.1) is 0 Å². The number of para-hydroxylation sites is 1. The monoisotopic (exact) mass is 455 g/mol. The number of carbonyl (C=O) groups is 2. The van der Waals surface area contributed by atoms with Crippen LogP contribution in [0.4, 0.5) is 22.7 Å². The second kappa shape index (κ2) is 10.1. The summed E-state index contributed by atoms with van der Waals surface area (Å²) in [6.07, 6.45) is 0.230. The Bertz CT molecular complexity index is 1160. The summed E-state index contributed by atoms with van der Waals surface area (Å²) in [5.41, 5.74) is 6.00. The van der Waals surface area contributed by atoms with Crippen LogP contribution in [-0.2, 0) is 9.59 Å². The average molecular weight is 456 g/mol. The first-order valence-electron chi connectivity index (χ1n) is 11.9. The topological polar surface area (TPSA) is 52.7 Å². The molecule has 34 heavy (non-hydrogen) atoms. The fraction of sp³-hybridized carbons (Fsp3) is 0.310. The second-order valence-electron chi connectivity index (χ2n) is 9.57. The molecule has 2 amide bonds. The van der Waals surface area contributed by atoms with Crippen molar-refractivity contribution < 1.29 is 9.59 Å². The minimum absolute atomic E-state index is 0.00335. The standard InChI is InChI=1S/C29H33N3O2/c1-20(2)18-31(25-8-6-5-7-9-25)26-14-12-24(13-15-26)30-29(34)23-17-28(33)32(19-23)27-16-21(3)10-11-22(27)4/h5-16,20,23H,17-19H2,1-4H3,(H,30,34). The molecule has 4 rings (SSSR count). The number of nitrogens with one attached hydrogen (secondary N) is 1.